The number of rotatable bonds is 7. The molecule has 1 aliphatic heterocycles. The predicted octanol–water partition coefficient (Wildman–Crippen LogP) is 6.14. The molecule has 0 unspecified atom stereocenters. The molecule has 1 fully saturated rings. The van der Waals surface area contributed by atoms with E-state index in [2.05, 4.69) is 10.2 Å². The number of nitrogens with one attached hydrogen (secondary N) is 1. The average molecular weight is 672 g/mol. The van der Waals surface area contributed by atoms with Crippen LogP contribution in [0.5, 0.6) is 0 Å². The van der Waals surface area contributed by atoms with Crippen molar-refractivity contribution in [1.82, 2.24) is 29.0 Å². The van der Waals surface area contributed by atoms with E-state index in [4.69, 9.17) is 15.1 Å². The summed E-state index contributed by atoms with van der Waals surface area (Å²) in [6.07, 6.45) is 5.18. The Kier molecular flexibility index (Phi) is 8.88. The van der Waals surface area contributed by atoms with Crippen molar-refractivity contribution in [1.29, 1.82) is 0 Å². The monoisotopic (exact) mass is 671 g/mol. The topological polar surface area (TPSA) is 97.9 Å². The first-order chi connectivity index (χ1) is 22.2. The van der Waals surface area contributed by atoms with Crippen LogP contribution in [0.15, 0.2) is 90.2 Å². The van der Waals surface area contributed by atoms with Crippen LogP contribution in [0.25, 0.3) is 33.3 Å². The van der Waals surface area contributed by atoms with E-state index in [1.165, 1.54) is 16.1 Å². The molecule has 0 spiro atoms. The Hall–Kier alpha value is -4.58. The fraction of sp³-hybridized carbons (Fsp3) is 0.229. The van der Waals surface area contributed by atoms with Crippen LogP contribution >= 0.6 is 12.4 Å². The molecule has 0 saturated carbocycles. The smallest absolute Gasteiger partial charge is 0.269 e. The average Bonchev–Trinajstić information content (AvgIpc) is 3.57. The summed E-state index contributed by atoms with van der Waals surface area (Å²) in [5.74, 6) is 0.616. The first-order valence-corrected chi connectivity index (χ1v) is 16.7. The summed E-state index contributed by atoms with van der Waals surface area (Å²) < 4.78 is 45.1. The SMILES string of the molecule is Cc1ccc(S(=O)(=O)n2cc(-c3c(C)nn(Cc4cccc(F)c4)c3C)c3cc(-c4ccc(N5CCNCC5)nc4)cnc32)cc1.Cl. The van der Waals surface area contributed by atoms with E-state index in [1.807, 2.05) is 55.9 Å². The van der Waals surface area contributed by atoms with Gasteiger partial charge in [0.1, 0.15) is 11.6 Å². The standard InChI is InChI=1S/C35H34FN7O2S.ClH/c1-23-7-10-30(11-8-23)46(44,45)43-22-32(34-24(2)40-42(25(34)3)21-26-5-4-6-29(36)17-26)31-18-28(20-39-35(31)43)27-9-12-33(38-19-27)41-15-13-37-14-16-41;/h4-12,17-20,22,37H,13-16,21H2,1-3H3;1H. The number of nitrogens with zero attached hydrogens (tertiary/aromatic N) is 6. The van der Waals surface area contributed by atoms with Gasteiger partial charge >= 0.3 is 0 Å². The molecule has 0 bridgehead atoms. The van der Waals surface area contributed by atoms with Crippen molar-refractivity contribution in [2.45, 2.75) is 32.2 Å². The van der Waals surface area contributed by atoms with E-state index in [0.717, 1.165) is 71.2 Å². The Bertz CT molecular complexity index is 2170. The predicted molar refractivity (Wildman–Crippen MR) is 185 cm³/mol. The Morgan fingerprint density at radius 1 is 0.894 bits per heavy atom. The number of pyridine rings is 2. The van der Waals surface area contributed by atoms with E-state index in [-0.39, 0.29) is 23.1 Å². The van der Waals surface area contributed by atoms with Crippen molar-refractivity contribution >= 4 is 39.3 Å². The van der Waals surface area contributed by atoms with Gasteiger partial charge in [0, 0.05) is 78.1 Å². The quantitative estimate of drug-likeness (QED) is 0.218. The molecule has 5 heterocycles. The van der Waals surface area contributed by atoms with Crippen molar-refractivity contribution in [2.75, 3.05) is 31.1 Å². The van der Waals surface area contributed by atoms with Gasteiger partial charge in [0.15, 0.2) is 5.65 Å². The number of halogens is 2. The van der Waals surface area contributed by atoms with Gasteiger partial charge in [0.2, 0.25) is 0 Å². The van der Waals surface area contributed by atoms with Crippen LogP contribution in [0, 0.1) is 26.6 Å². The van der Waals surface area contributed by atoms with Crippen molar-refractivity contribution < 1.29 is 12.8 Å². The van der Waals surface area contributed by atoms with Crippen molar-refractivity contribution in [3.63, 3.8) is 0 Å². The maximum atomic E-state index is 14.0. The lowest BCUT2D eigenvalue weighted by Crippen LogP contribution is -2.43. The van der Waals surface area contributed by atoms with Gasteiger partial charge in [-0.3, -0.25) is 4.68 Å². The number of benzene rings is 2. The number of anilines is 1. The van der Waals surface area contributed by atoms with Gasteiger partial charge in [0.25, 0.3) is 10.0 Å². The minimum Gasteiger partial charge on any atom is -0.354 e. The zero-order valence-electron chi connectivity index (χ0n) is 26.3. The van der Waals surface area contributed by atoms with Gasteiger partial charge in [-0.05, 0) is 68.8 Å². The maximum Gasteiger partial charge on any atom is 0.269 e. The highest BCUT2D eigenvalue weighted by molar-refractivity contribution is 7.90. The molecule has 0 atom stereocenters. The minimum absolute atomic E-state index is 0. The number of hydrogen-bond acceptors (Lipinski definition) is 7. The zero-order chi connectivity index (χ0) is 32.0. The fourth-order valence-corrected chi connectivity index (χ4v) is 7.45. The van der Waals surface area contributed by atoms with Crippen LogP contribution in [0.2, 0.25) is 0 Å². The number of aromatic nitrogens is 5. The third kappa shape index (κ3) is 6.14. The summed E-state index contributed by atoms with van der Waals surface area (Å²) in [6.45, 7) is 9.79. The summed E-state index contributed by atoms with van der Waals surface area (Å²) in [5.41, 5.74) is 6.84. The lowest BCUT2D eigenvalue weighted by Gasteiger charge is -2.28. The van der Waals surface area contributed by atoms with Gasteiger partial charge in [0.05, 0.1) is 17.1 Å². The van der Waals surface area contributed by atoms with Gasteiger partial charge in [-0.1, -0.05) is 29.8 Å². The number of fused-ring (bicyclic) bond motifs is 1. The number of piperazine rings is 1. The molecule has 0 amide bonds. The molecule has 12 heteroatoms. The summed E-state index contributed by atoms with van der Waals surface area (Å²) in [4.78, 5) is 11.9. The Balaban J connectivity index is 0.00000386. The summed E-state index contributed by atoms with van der Waals surface area (Å²) in [7, 11) is -3.97. The van der Waals surface area contributed by atoms with E-state index in [1.54, 1.807) is 42.7 Å². The molecule has 4 aromatic heterocycles. The Labute approximate surface area is 279 Å². The number of hydrogen-bond donors (Lipinski definition) is 1. The van der Waals surface area contributed by atoms with Crippen molar-refractivity contribution in [2.24, 2.45) is 0 Å². The third-order valence-corrected chi connectivity index (χ3v) is 10.2. The third-order valence-electron chi connectivity index (χ3n) is 8.58. The second-order valence-corrected chi connectivity index (χ2v) is 13.5. The maximum absolute atomic E-state index is 14.0. The van der Waals surface area contributed by atoms with Crippen LogP contribution < -0.4 is 10.2 Å². The Morgan fingerprint density at radius 2 is 1.64 bits per heavy atom. The first-order valence-electron chi connectivity index (χ1n) is 15.2. The van der Waals surface area contributed by atoms with Crippen LogP contribution in [0.4, 0.5) is 10.2 Å². The highest BCUT2D eigenvalue weighted by Gasteiger charge is 2.26. The molecule has 9 nitrogen and oxygen atoms in total. The second-order valence-electron chi connectivity index (χ2n) is 11.7. The van der Waals surface area contributed by atoms with Gasteiger partial charge in [-0.15, -0.1) is 12.4 Å². The molecule has 1 N–H and O–H groups in total. The molecule has 7 rings (SSSR count). The molecular formula is C35H35ClFN7O2S. The van der Waals surface area contributed by atoms with Crippen LogP contribution in [-0.4, -0.2) is 58.3 Å². The molecule has 47 heavy (non-hydrogen) atoms. The summed E-state index contributed by atoms with van der Waals surface area (Å²) in [6, 6.07) is 19.3. The van der Waals surface area contributed by atoms with Gasteiger partial charge in [-0.25, -0.2) is 26.7 Å². The van der Waals surface area contributed by atoms with E-state index >= 15 is 0 Å². The minimum atomic E-state index is -3.97. The number of aryl methyl sites for hydroxylation is 2. The molecule has 6 aromatic rings. The van der Waals surface area contributed by atoms with Crippen LogP contribution in [0.1, 0.15) is 22.5 Å². The zero-order valence-corrected chi connectivity index (χ0v) is 27.9. The van der Waals surface area contributed by atoms with E-state index < -0.39 is 10.0 Å². The first kappa shape index (κ1) is 32.4. The lowest BCUT2D eigenvalue weighted by atomic mass is 10.0. The molecule has 2 aromatic carbocycles. The molecule has 0 radical (unpaired) electrons. The van der Waals surface area contributed by atoms with Gasteiger partial charge in [-0.2, -0.15) is 5.10 Å². The van der Waals surface area contributed by atoms with Crippen LogP contribution in [-0.2, 0) is 16.6 Å². The normalized spacial score (nSPS) is 13.6. The molecule has 1 aliphatic rings. The molecule has 242 valence electrons. The molecule has 0 aliphatic carbocycles. The largest absolute Gasteiger partial charge is 0.354 e. The van der Waals surface area contributed by atoms with E-state index in [9.17, 15) is 12.8 Å². The summed E-state index contributed by atoms with van der Waals surface area (Å²) in [5, 5.41) is 8.83. The van der Waals surface area contributed by atoms with Crippen LogP contribution in [0.3, 0.4) is 0 Å². The van der Waals surface area contributed by atoms with Crippen molar-refractivity contribution in [3.05, 3.63) is 114 Å². The van der Waals surface area contributed by atoms with Crippen molar-refractivity contribution in [3.8, 4) is 22.3 Å². The highest BCUT2D eigenvalue weighted by Crippen LogP contribution is 2.38. The Morgan fingerprint density at radius 3 is 2.34 bits per heavy atom. The fourth-order valence-electron chi connectivity index (χ4n) is 6.13. The second kappa shape index (κ2) is 12.9. The molecular weight excluding hydrogens is 637 g/mol. The summed E-state index contributed by atoms with van der Waals surface area (Å²) >= 11 is 0. The molecule has 1 saturated heterocycles. The van der Waals surface area contributed by atoms with E-state index in [0.29, 0.717) is 23.1 Å². The van der Waals surface area contributed by atoms with Gasteiger partial charge < -0.3 is 10.2 Å². The highest BCUT2D eigenvalue weighted by atomic mass is 35.5. The lowest BCUT2D eigenvalue weighted by molar-refractivity contribution is 0.585.